The molecule has 3 aromatic carbocycles. The number of benzene rings is 3. The summed E-state index contributed by atoms with van der Waals surface area (Å²) in [6.07, 6.45) is 5.26. The first-order valence-corrected chi connectivity index (χ1v) is 17.3. The molecule has 47 heavy (non-hydrogen) atoms. The summed E-state index contributed by atoms with van der Waals surface area (Å²) in [5.41, 5.74) is 2.90. The van der Waals surface area contributed by atoms with Crippen molar-refractivity contribution in [3.63, 3.8) is 0 Å². The number of halogens is 1. The number of anilines is 2. The maximum Gasteiger partial charge on any atom is 0.341 e. The van der Waals surface area contributed by atoms with E-state index in [0.717, 1.165) is 41.0 Å². The van der Waals surface area contributed by atoms with E-state index in [0.29, 0.717) is 32.4 Å². The zero-order chi connectivity index (χ0) is 33.3. The Hall–Kier alpha value is -4.38. The molecule has 11 heteroatoms. The van der Waals surface area contributed by atoms with Gasteiger partial charge in [0.2, 0.25) is 5.91 Å². The van der Waals surface area contributed by atoms with Crippen LogP contribution in [0.2, 0.25) is 5.02 Å². The summed E-state index contributed by atoms with van der Waals surface area (Å²) in [5, 5.41) is 8.98. The van der Waals surface area contributed by atoms with Crippen LogP contribution in [0.3, 0.4) is 0 Å². The lowest BCUT2D eigenvalue weighted by Crippen LogP contribution is -2.30. The van der Waals surface area contributed by atoms with Crippen LogP contribution in [0, 0.1) is 0 Å². The largest absolute Gasteiger partial charge is 0.462 e. The third-order valence-electron chi connectivity index (χ3n) is 7.40. The summed E-state index contributed by atoms with van der Waals surface area (Å²) in [4.78, 5) is 54.5. The van der Waals surface area contributed by atoms with Gasteiger partial charge < -0.3 is 20.7 Å². The van der Waals surface area contributed by atoms with E-state index in [1.54, 1.807) is 86.6 Å². The fraction of sp³-hybridized carbons (Fsp3) is 0.222. The van der Waals surface area contributed by atoms with Crippen LogP contribution in [0.1, 0.15) is 63.4 Å². The van der Waals surface area contributed by atoms with Gasteiger partial charge in [0, 0.05) is 26.0 Å². The maximum absolute atomic E-state index is 13.5. The van der Waals surface area contributed by atoms with E-state index in [1.807, 2.05) is 6.07 Å². The van der Waals surface area contributed by atoms with Gasteiger partial charge >= 0.3 is 5.97 Å². The number of amides is 3. The van der Waals surface area contributed by atoms with Gasteiger partial charge in [-0.25, -0.2) is 4.79 Å². The van der Waals surface area contributed by atoms with Crippen molar-refractivity contribution < 1.29 is 23.9 Å². The van der Waals surface area contributed by atoms with E-state index in [4.69, 9.17) is 16.3 Å². The molecule has 0 saturated heterocycles. The van der Waals surface area contributed by atoms with Crippen LogP contribution in [0.4, 0.5) is 10.7 Å². The highest BCUT2D eigenvalue weighted by molar-refractivity contribution is 8.00. The van der Waals surface area contributed by atoms with Gasteiger partial charge in [-0.3, -0.25) is 14.4 Å². The van der Waals surface area contributed by atoms with Gasteiger partial charge in [-0.1, -0.05) is 54.1 Å². The second kappa shape index (κ2) is 15.9. The van der Waals surface area contributed by atoms with Crippen LogP contribution in [0.5, 0.6) is 0 Å². The molecule has 8 nitrogen and oxygen atoms in total. The molecule has 3 N–H and O–H groups in total. The number of hydrogen-bond donors (Lipinski definition) is 3. The SMILES string of the molecule is CCOC(=O)c1c(NC(=O)C(C)Sc2cccc(NC(=O)/C(=C\c3ccccc3Cl)NC(=O)c3ccccc3)c2)sc2c1CCCC2. The van der Waals surface area contributed by atoms with E-state index < -0.39 is 23.0 Å². The Kier molecular flexibility index (Phi) is 11.5. The Morgan fingerprint density at radius 3 is 2.47 bits per heavy atom. The van der Waals surface area contributed by atoms with Crippen molar-refractivity contribution in [1.82, 2.24) is 5.32 Å². The number of thioether (sulfide) groups is 1. The summed E-state index contributed by atoms with van der Waals surface area (Å²) >= 11 is 9.12. The minimum Gasteiger partial charge on any atom is -0.462 e. The van der Waals surface area contributed by atoms with Gasteiger partial charge in [0.15, 0.2) is 0 Å². The van der Waals surface area contributed by atoms with Crippen molar-refractivity contribution in [1.29, 1.82) is 0 Å². The lowest BCUT2D eigenvalue weighted by Gasteiger charge is -2.15. The van der Waals surface area contributed by atoms with Crippen LogP contribution >= 0.6 is 34.7 Å². The molecule has 0 aliphatic heterocycles. The van der Waals surface area contributed by atoms with Gasteiger partial charge in [-0.05, 0) is 93.1 Å². The molecule has 0 radical (unpaired) electrons. The molecule has 3 amide bonds. The second-order valence-electron chi connectivity index (χ2n) is 10.8. The van der Waals surface area contributed by atoms with Crippen LogP contribution < -0.4 is 16.0 Å². The molecular formula is C36H34ClN3O5S2. The van der Waals surface area contributed by atoms with Crippen LogP contribution in [-0.4, -0.2) is 35.5 Å². The topological polar surface area (TPSA) is 114 Å². The summed E-state index contributed by atoms with van der Waals surface area (Å²) in [5.74, 6) is -1.65. The van der Waals surface area contributed by atoms with E-state index in [-0.39, 0.29) is 18.2 Å². The molecule has 1 unspecified atom stereocenters. The van der Waals surface area contributed by atoms with Crippen molar-refractivity contribution in [3.05, 3.63) is 117 Å². The number of hydrogen-bond acceptors (Lipinski definition) is 7. The van der Waals surface area contributed by atoms with Gasteiger partial charge in [-0.2, -0.15) is 0 Å². The molecule has 4 aromatic rings. The Labute approximate surface area is 286 Å². The smallest absolute Gasteiger partial charge is 0.341 e. The van der Waals surface area contributed by atoms with E-state index in [1.165, 1.54) is 29.2 Å². The Balaban J connectivity index is 1.30. The number of aryl methyl sites for hydroxylation is 1. The number of ether oxygens (including phenoxy) is 1. The molecule has 1 atom stereocenters. The van der Waals surface area contributed by atoms with Crippen LogP contribution in [-0.2, 0) is 27.2 Å². The van der Waals surface area contributed by atoms with Gasteiger partial charge in [0.05, 0.1) is 17.4 Å². The molecule has 1 aromatic heterocycles. The molecule has 0 fully saturated rings. The van der Waals surface area contributed by atoms with Gasteiger partial charge in [0.25, 0.3) is 11.8 Å². The van der Waals surface area contributed by atoms with Crippen molar-refractivity contribution in [3.8, 4) is 0 Å². The minimum absolute atomic E-state index is 0.00815. The standard InChI is InChI=1S/C36H34ClN3O5S2/c1-3-45-36(44)31-27-17-8-10-19-30(27)47-35(31)40-32(41)22(2)46-26-16-11-15-25(21-26)38-34(43)29(20-24-14-7-9-18-28(24)37)39-33(42)23-12-5-4-6-13-23/h4-7,9,11-16,18,20-22H,3,8,10,17,19H2,1-2H3,(H,38,43)(H,39,42)(H,40,41)/b29-20+. The predicted octanol–water partition coefficient (Wildman–Crippen LogP) is 7.99. The lowest BCUT2D eigenvalue weighted by molar-refractivity contribution is -0.115. The number of esters is 1. The molecule has 0 bridgehead atoms. The van der Waals surface area contributed by atoms with E-state index in [2.05, 4.69) is 16.0 Å². The van der Waals surface area contributed by atoms with Crippen LogP contribution in [0.15, 0.2) is 89.5 Å². The Bertz CT molecular complexity index is 1820. The van der Waals surface area contributed by atoms with E-state index in [9.17, 15) is 19.2 Å². The van der Waals surface area contributed by atoms with Gasteiger partial charge in [-0.15, -0.1) is 23.1 Å². The van der Waals surface area contributed by atoms with Crippen molar-refractivity contribution in [2.75, 3.05) is 17.2 Å². The van der Waals surface area contributed by atoms with Gasteiger partial charge in [0.1, 0.15) is 10.7 Å². The number of thiophene rings is 1. The van der Waals surface area contributed by atoms with Crippen molar-refractivity contribution >= 4 is 75.2 Å². The quantitative estimate of drug-likeness (QED) is 0.0837. The molecule has 1 heterocycles. The molecule has 1 aliphatic carbocycles. The summed E-state index contributed by atoms with van der Waals surface area (Å²) < 4.78 is 5.32. The average Bonchev–Trinajstić information content (AvgIpc) is 3.43. The fourth-order valence-corrected chi connectivity index (χ4v) is 7.48. The maximum atomic E-state index is 13.5. The minimum atomic E-state index is -0.546. The number of carbonyl (C=O) groups excluding carboxylic acids is 4. The van der Waals surface area contributed by atoms with E-state index >= 15 is 0 Å². The average molecular weight is 688 g/mol. The van der Waals surface area contributed by atoms with Crippen molar-refractivity contribution in [2.24, 2.45) is 0 Å². The van der Waals surface area contributed by atoms with Crippen molar-refractivity contribution in [2.45, 2.75) is 49.7 Å². The number of rotatable bonds is 11. The lowest BCUT2D eigenvalue weighted by atomic mass is 9.95. The van der Waals surface area contributed by atoms with Crippen LogP contribution in [0.25, 0.3) is 6.08 Å². The monoisotopic (exact) mass is 687 g/mol. The number of carbonyl (C=O) groups is 4. The normalized spacial score (nSPS) is 13.2. The molecule has 0 spiro atoms. The zero-order valence-electron chi connectivity index (χ0n) is 25.9. The summed E-state index contributed by atoms with van der Waals surface area (Å²) in [6, 6.07) is 22.7. The molecular weight excluding hydrogens is 654 g/mol. The highest BCUT2D eigenvalue weighted by Gasteiger charge is 2.28. The first-order chi connectivity index (χ1) is 22.7. The first kappa shape index (κ1) is 34.0. The molecule has 242 valence electrons. The number of nitrogens with one attached hydrogen (secondary N) is 3. The molecule has 0 saturated carbocycles. The highest BCUT2D eigenvalue weighted by Crippen LogP contribution is 2.39. The Morgan fingerprint density at radius 1 is 0.957 bits per heavy atom. The molecule has 5 rings (SSSR count). The predicted molar refractivity (Wildman–Crippen MR) is 189 cm³/mol. The fourth-order valence-electron chi connectivity index (χ4n) is 5.08. The Morgan fingerprint density at radius 2 is 1.70 bits per heavy atom. The number of fused-ring (bicyclic) bond motifs is 1. The first-order valence-electron chi connectivity index (χ1n) is 15.3. The third-order valence-corrected chi connectivity index (χ3v) is 10.0. The summed E-state index contributed by atoms with van der Waals surface area (Å²) in [7, 11) is 0. The zero-order valence-corrected chi connectivity index (χ0v) is 28.3. The second-order valence-corrected chi connectivity index (χ2v) is 13.7. The molecule has 1 aliphatic rings. The third kappa shape index (κ3) is 8.71. The summed E-state index contributed by atoms with van der Waals surface area (Å²) in [6.45, 7) is 3.81. The highest BCUT2D eigenvalue weighted by atomic mass is 35.5.